The van der Waals surface area contributed by atoms with Crippen LogP contribution in [0.2, 0.25) is 0 Å². The minimum Gasteiger partial charge on any atom is -0.446 e. The highest BCUT2D eigenvalue weighted by molar-refractivity contribution is 7.91. The molecule has 0 aromatic heterocycles. The van der Waals surface area contributed by atoms with E-state index in [0.717, 1.165) is 5.56 Å². The SMILES string of the molecule is Cc1cc(F)ccc1C1CC(OC(=O)N2CCS(=O)(=O)CC2)CCN1C(N)=O. The number of aryl methyl sites for hydroxylation is 1. The number of carbonyl (C=O) groups is 2. The van der Waals surface area contributed by atoms with E-state index < -0.39 is 34.1 Å². The Bertz CT molecular complexity index is 862. The van der Waals surface area contributed by atoms with E-state index >= 15 is 0 Å². The van der Waals surface area contributed by atoms with Crippen LogP contribution in [0.15, 0.2) is 18.2 Å². The predicted octanol–water partition coefficient (Wildman–Crippen LogP) is 1.59. The fourth-order valence-corrected chi connectivity index (χ4v) is 4.93. The van der Waals surface area contributed by atoms with Crippen LogP contribution in [0, 0.1) is 12.7 Å². The van der Waals surface area contributed by atoms with E-state index in [9.17, 15) is 22.4 Å². The molecule has 154 valence electrons. The average Bonchev–Trinajstić information content (AvgIpc) is 2.61. The zero-order valence-corrected chi connectivity index (χ0v) is 16.5. The smallest absolute Gasteiger partial charge is 0.410 e. The summed E-state index contributed by atoms with van der Waals surface area (Å²) < 4.78 is 42.1. The molecule has 2 aliphatic heterocycles. The van der Waals surface area contributed by atoms with Gasteiger partial charge in [-0.2, -0.15) is 0 Å². The number of ether oxygens (including phenoxy) is 1. The number of amides is 3. The van der Waals surface area contributed by atoms with Crippen molar-refractivity contribution in [3.63, 3.8) is 0 Å². The summed E-state index contributed by atoms with van der Waals surface area (Å²) in [5, 5.41) is 0. The summed E-state index contributed by atoms with van der Waals surface area (Å²) in [6, 6.07) is 3.32. The van der Waals surface area contributed by atoms with Gasteiger partial charge in [-0.3, -0.25) is 0 Å². The molecule has 0 radical (unpaired) electrons. The van der Waals surface area contributed by atoms with Gasteiger partial charge in [0.05, 0.1) is 17.5 Å². The second kappa shape index (κ2) is 7.94. The number of likely N-dealkylation sites (tertiary alicyclic amines) is 1. The highest BCUT2D eigenvalue weighted by atomic mass is 32.2. The van der Waals surface area contributed by atoms with Crippen LogP contribution in [0.5, 0.6) is 0 Å². The van der Waals surface area contributed by atoms with Gasteiger partial charge in [0.2, 0.25) is 0 Å². The van der Waals surface area contributed by atoms with Crippen LogP contribution < -0.4 is 5.73 Å². The Labute approximate surface area is 163 Å². The maximum Gasteiger partial charge on any atom is 0.410 e. The summed E-state index contributed by atoms with van der Waals surface area (Å²) in [6.45, 7) is 2.29. The first kappa shape index (κ1) is 20.4. The molecule has 3 rings (SSSR count). The molecule has 0 aliphatic carbocycles. The molecule has 10 heteroatoms. The van der Waals surface area contributed by atoms with Gasteiger partial charge in [0.25, 0.3) is 0 Å². The summed E-state index contributed by atoms with van der Waals surface area (Å²) in [5.74, 6) is -0.509. The Morgan fingerprint density at radius 2 is 1.89 bits per heavy atom. The minimum absolute atomic E-state index is 0.0698. The van der Waals surface area contributed by atoms with Gasteiger partial charge in [-0.1, -0.05) is 6.07 Å². The van der Waals surface area contributed by atoms with Gasteiger partial charge in [0, 0.05) is 32.5 Å². The molecule has 1 aromatic carbocycles. The lowest BCUT2D eigenvalue weighted by atomic mass is 9.91. The molecule has 0 saturated carbocycles. The molecule has 1 aromatic rings. The molecule has 2 N–H and O–H groups in total. The number of nitrogens with two attached hydrogens (primary N) is 1. The molecule has 2 aliphatic rings. The summed E-state index contributed by atoms with van der Waals surface area (Å²) in [7, 11) is -3.09. The molecule has 2 saturated heterocycles. The Morgan fingerprint density at radius 1 is 1.21 bits per heavy atom. The average molecular weight is 413 g/mol. The summed E-state index contributed by atoms with van der Waals surface area (Å²) in [4.78, 5) is 27.1. The van der Waals surface area contributed by atoms with Crippen LogP contribution in [0.1, 0.15) is 30.0 Å². The van der Waals surface area contributed by atoms with Crippen LogP contribution in [0.4, 0.5) is 14.0 Å². The van der Waals surface area contributed by atoms with Crippen molar-refractivity contribution in [1.29, 1.82) is 0 Å². The van der Waals surface area contributed by atoms with Crippen molar-refractivity contribution in [2.75, 3.05) is 31.1 Å². The lowest BCUT2D eigenvalue weighted by Crippen LogP contribution is -2.48. The van der Waals surface area contributed by atoms with Gasteiger partial charge in [-0.05, 0) is 30.2 Å². The zero-order chi connectivity index (χ0) is 20.5. The van der Waals surface area contributed by atoms with Crippen molar-refractivity contribution in [2.24, 2.45) is 5.73 Å². The Morgan fingerprint density at radius 3 is 2.50 bits per heavy atom. The van der Waals surface area contributed by atoms with Gasteiger partial charge in [-0.15, -0.1) is 0 Å². The molecule has 2 unspecified atom stereocenters. The monoisotopic (exact) mass is 413 g/mol. The van der Waals surface area contributed by atoms with Crippen molar-refractivity contribution >= 4 is 22.0 Å². The molecule has 3 amide bonds. The van der Waals surface area contributed by atoms with E-state index in [-0.39, 0.29) is 30.4 Å². The maximum absolute atomic E-state index is 13.5. The third-order valence-electron chi connectivity index (χ3n) is 5.30. The number of benzene rings is 1. The fraction of sp³-hybridized carbons (Fsp3) is 0.556. The van der Waals surface area contributed by atoms with E-state index in [1.54, 1.807) is 13.0 Å². The van der Waals surface area contributed by atoms with E-state index in [1.807, 2.05) is 0 Å². The van der Waals surface area contributed by atoms with Gasteiger partial charge < -0.3 is 20.3 Å². The summed E-state index contributed by atoms with van der Waals surface area (Å²) >= 11 is 0. The predicted molar refractivity (Wildman–Crippen MR) is 99.9 cm³/mol. The van der Waals surface area contributed by atoms with E-state index in [1.165, 1.54) is 21.9 Å². The topological polar surface area (TPSA) is 110 Å². The minimum atomic E-state index is -3.09. The molecule has 8 nitrogen and oxygen atoms in total. The molecule has 2 atom stereocenters. The first-order valence-electron chi connectivity index (χ1n) is 9.14. The van der Waals surface area contributed by atoms with Crippen molar-refractivity contribution in [3.05, 3.63) is 35.1 Å². The van der Waals surface area contributed by atoms with Gasteiger partial charge in [0.1, 0.15) is 11.9 Å². The lowest BCUT2D eigenvalue weighted by molar-refractivity contribution is 0.0193. The highest BCUT2D eigenvalue weighted by Crippen LogP contribution is 2.34. The number of piperidine rings is 1. The number of hydrogen-bond donors (Lipinski definition) is 1. The molecular weight excluding hydrogens is 389 g/mol. The Balaban J connectivity index is 1.70. The van der Waals surface area contributed by atoms with Crippen molar-refractivity contribution in [2.45, 2.75) is 31.9 Å². The number of sulfone groups is 1. The molecule has 28 heavy (non-hydrogen) atoms. The quantitative estimate of drug-likeness (QED) is 0.792. The molecule has 2 heterocycles. The number of carbonyl (C=O) groups excluding carboxylic acids is 2. The van der Waals surface area contributed by atoms with Crippen LogP contribution in [0.25, 0.3) is 0 Å². The number of urea groups is 1. The number of primary amides is 1. The molecule has 0 spiro atoms. The highest BCUT2D eigenvalue weighted by Gasteiger charge is 2.35. The lowest BCUT2D eigenvalue weighted by Gasteiger charge is -2.39. The first-order valence-corrected chi connectivity index (χ1v) is 11.0. The summed E-state index contributed by atoms with van der Waals surface area (Å²) in [5.41, 5.74) is 6.94. The van der Waals surface area contributed by atoms with Gasteiger partial charge >= 0.3 is 12.1 Å². The van der Waals surface area contributed by atoms with Gasteiger partial charge in [0.15, 0.2) is 9.84 Å². The molecular formula is C18H24FN3O5S. The maximum atomic E-state index is 13.5. The van der Waals surface area contributed by atoms with Crippen molar-refractivity contribution in [1.82, 2.24) is 9.80 Å². The van der Waals surface area contributed by atoms with Gasteiger partial charge in [-0.25, -0.2) is 22.4 Å². The second-order valence-electron chi connectivity index (χ2n) is 7.22. The Hall–Kier alpha value is -2.36. The van der Waals surface area contributed by atoms with Crippen LogP contribution in [-0.4, -0.2) is 67.6 Å². The Kier molecular flexibility index (Phi) is 5.78. The second-order valence-corrected chi connectivity index (χ2v) is 9.52. The van der Waals surface area contributed by atoms with E-state index in [4.69, 9.17) is 10.5 Å². The molecule has 0 bridgehead atoms. The van der Waals surface area contributed by atoms with Crippen LogP contribution in [-0.2, 0) is 14.6 Å². The number of rotatable bonds is 2. The fourth-order valence-electron chi connectivity index (χ4n) is 3.72. The van der Waals surface area contributed by atoms with Crippen LogP contribution >= 0.6 is 0 Å². The van der Waals surface area contributed by atoms with Crippen LogP contribution in [0.3, 0.4) is 0 Å². The van der Waals surface area contributed by atoms with Crippen molar-refractivity contribution < 1.29 is 27.1 Å². The normalized spacial score (nSPS) is 24.6. The third-order valence-corrected chi connectivity index (χ3v) is 6.91. The number of halogens is 1. The van der Waals surface area contributed by atoms with E-state index in [2.05, 4.69) is 0 Å². The standard InChI is InChI=1S/C18H24FN3O5S/c1-12-10-13(19)2-3-15(12)16-11-14(4-5-22(16)17(20)23)27-18(24)21-6-8-28(25,26)9-7-21/h2-3,10,14,16H,4-9,11H2,1H3,(H2,20,23). The summed E-state index contributed by atoms with van der Waals surface area (Å²) in [6.07, 6.45) is -0.233. The number of hydrogen-bond acceptors (Lipinski definition) is 5. The van der Waals surface area contributed by atoms with Crippen molar-refractivity contribution in [3.8, 4) is 0 Å². The molecule has 2 fully saturated rings. The van der Waals surface area contributed by atoms with E-state index in [0.29, 0.717) is 24.9 Å². The number of nitrogens with zero attached hydrogens (tertiary/aromatic N) is 2. The largest absolute Gasteiger partial charge is 0.446 e. The first-order chi connectivity index (χ1) is 13.2. The zero-order valence-electron chi connectivity index (χ0n) is 15.6. The third kappa shape index (κ3) is 4.54.